The minimum absolute atomic E-state index is 0.628. The molecule has 1 rings (SSSR count). The van der Waals surface area contributed by atoms with E-state index < -0.39 is 0 Å². The van der Waals surface area contributed by atoms with Crippen LogP contribution in [0.4, 0.5) is 10.8 Å². The summed E-state index contributed by atoms with van der Waals surface area (Å²) >= 11 is 3.09. The molecule has 0 spiro atoms. The topological polar surface area (TPSA) is 54.2 Å². The van der Waals surface area contributed by atoms with Crippen LogP contribution in [0.15, 0.2) is 4.90 Å². The first kappa shape index (κ1) is 14.6. The molecule has 0 aliphatic rings. The second kappa shape index (κ2) is 7.08. The fraction of sp³-hybridized carbons (Fsp3) is 0.727. The standard InChI is InChI=1S/C11H22N4S2/c1-5-8(2)15(3)7-6-13-11-9(16-4)10(12)14-17-11/h8,13H,5-7H2,1-4H3,(H2,12,14). The Morgan fingerprint density at radius 1 is 1.59 bits per heavy atom. The number of hydrogen-bond donors (Lipinski definition) is 2. The molecule has 0 aromatic carbocycles. The first-order chi connectivity index (χ1) is 8.10. The van der Waals surface area contributed by atoms with Gasteiger partial charge in [-0.3, -0.25) is 0 Å². The summed E-state index contributed by atoms with van der Waals surface area (Å²) in [6, 6.07) is 0.628. The van der Waals surface area contributed by atoms with E-state index in [0.717, 1.165) is 23.0 Å². The maximum absolute atomic E-state index is 5.78. The molecule has 6 heteroatoms. The molecule has 4 nitrogen and oxygen atoms in total. The van der Waals surface area contributed by atoms with E-state index in [0.29, 0.717) is 11.9 Å². The molecular formula is C11H22N4S2. The molecule has 0 saturated carbocycles. The lowest BCUT2D eigenvalue weighted by Crippen LogP contribution is -2.32. The number of thioether (sulfide) groups is 1. The predicted octanol–water partition coefficient (Wildman–Crippen LogP) is 2.59. The molecule has 98 valence electrons. The quantitative estimate of drug-likeness (QED) is 0.749. The number of rotatable bonds is 7. The summed E-state index contributed by atoms with van der Waals surface area (Å²) in [5.74, 6) is 0.639. The SMILES string of the molecule is CCC(C)N(C)CCNc1snc(N)c1SC. The molecule has 0 saturated heterocycles. The maximum atomic E-state index is 5.78. The molecule has 0 bridgehead atoms. The summed E-state index contributed by atoms with van der Waals surface area (Å²) in [5, 5.41) is 4.50. The highest BCUT2D eigenvalue weighted by molar-refractivity contribution is 7.99. The highest BCUT2D eigenvalue weighted by Gasteiger charge is 2.10. The van der Waals surface area contributed by atoms with Gasteiger partial charge in [-0.25, -0.2) is 0 Å². The van der Waals surface area contributed by atoms with Gasteiger partial charge in [0.25, 0.3) is 0 Å². The van der Waals surface area contributed by atoms with Crippen molar-refractivity contribution in [3.8, 4) is 0 Å². The van der Waals surface area contributed by atoms with Gasteiger partial charge in [0.05, 0.1) is 4.90 Å². The fourth-order valence-electron chi connectivity index (χ4n) is 1.48. The fourth-order valence-corrected chi connectivity index (χ4v) is 3.05. The van der Waals surface area contributed by atoms with Crippen LogP contribution < -0.4 is 11.1 Å². The number of likely N-dealkylation sites (N-methyl/N-ethyl adjacent to an activating group) is 1. The first-order valence-electron chi connectivity index (χ1n) is 5.83. The van der Waals surface area contributed by atoms with Crippen molar-refractivity contribution in [1.29, 1.82) is 0 Å². The molecule has 0 radical (unpaired) electrons. The van der Waals surface area contributed by atoms with E-state index in [1.54, 1.807) is 11.8 Å². The maximum Gasteiger partial charge on any atom is 0.153 e. The van der Waals surface area contributed by atoms with Gasteiger partial charge >= 0.3 is 0 Å². The lowest BCUT2D eigenvalue weighted by Gasteiger charge is -2.23. The Hall–Kier alpha value is -0.460. The summed E-state index contributed by atoms with van der Waals surface area (Å²) in [5.41, 5.74) is 5.78. The van der Waals surface area contributed by atoms with E-state index in [4.69, 9.17) is 5.73 Å². The van der Waals surface area contributed by atoms with Crippen molar-refractivity contribution < 1.29 is 0 Å². The van der Waals surface area contributed by atoms with Crippen LogP contribution in [-0.4, -0.2) is 41.7 Å². The van der Waals surface area contributed by atoms with Crippen LogP contribution in [-0.2, 0) is 0 Å². The minimum atomic E-state index is 0.628. The molecular weight excluding hydrogens is 252 g/mol. The van der Waals surface area contributed by atoms with Crippen LogP contribution >= 0.6 is 23.3 Å². The second-order valence-electron chi connectivity index (χ2n) is 4.09. The third kappa shape index (κ3) is 4.04. The Morgan fingerprint density at radius 2 is 2.29 bits per heavy atom. The van der Waals surface area contributed by atoms with Crippen LogP contribution in [0.1, 0.15) is 20.3 Å². The van der Waals surface area contributed by atoms with Gasteiger partial charge in [-0.1, -0.05) is 6.92 Å². The molecule has 0 aliphatic heterocycles. The molecule has 0 fully saturated rings. The van der Waals surface area contributed by atoms with Gasteiger partial charge in [-0.05, 0) is 38.2 Å². The van der Waals surface area contributed by atoms with E-state index >= 15 is 0 Å². The van der Waals surface area contributed by atoms with Crippen molar-refractivity contribution in [3.05, 3.63) is 0 Å². The van der Waals surface area contributed by atoms with Crippen molar-refractivity contribution in [3.63, 3.8) is 0 Å². The average Bonchev–Trinajstić information content (AvgIpc) is 2.68. The monoisotopic (exact) mass is 274 g/mol. The first-order valence-corrected chi connectivity index (χ1v) is 7.83. The van der Waals surface area contributed by atoms with Crippen LogP contribution in [0, 0.1) is 0 Å². The minimum Gasteiger partial charge on any atom is -0.382 e. The van der Waals surface area contributed by atoms with Crippen molar-refractivity contribution in [2.75, 3.05) is 37.4 Å². The third-order valence-corrected chi connectivity index (χ3v) is 4.74. The number of nitrogens with one attached hydrogen (secondary N) is 1. The number of anilines is 2. The van der Waals surface area contributed by atoms with Crippen LogP contribution in [0.5, 0.6) is 0 Å². The highest BCUT2D eigenvalue weighted by atomic mass is 32.2. The average molecular weight is 274 g/mol. The highest BCUT2D eigenvalue weighted by Crippen LogP contribution is 2.34. The largest absolute Gasteiger partial charge is 0.382 e. The Kier molecular flexibility index (Phi) is 6.08. The Labute approximate surface area is 112 Å². The van der Waals surface area contributed by atoms with Gasteiger partial charge in [-0.2, -0.15) is 4.37 Å². The van der Waals surface area contributed by atoms with E-state index in [-0.39, 0.29) is 0 Å². The van der Waals surface area contributed by atoms with E-state index in [9.17, 15) is 0 Å². The molecule has 1 heterocycles. The lowest BCUT2D eigenvalue weighted by atomic mass is 10.2. The van der Waals surface area contributed by atoms with Gasteiger partial charge in [-0.15, -0.1) is 11.8 Å². The zero-order chi connectivity index (χ0) is 12.8. The molecule has 17 heavy (non-hydrogen) atoms. The van der Waals surface area contributed by atoms with Crippen LogP contribution in [0.2, 0.25) is 0 Å². The van der Waals surface area contributed by atoms with Crippen LogP contribution in [0.3, 0.4) is 0 Å². The van der Waals surface area contributed by atoms with E-state index in [1.165, 1.54) is 18.0 Å². The van der Waals surface area contributed by atoms with Gasteiger partial charge in [0.2, 0.25) is 0 Å². The summed E-state index contributed by atoms with van der Waals surface area (Å²) in [6.07, 6.45) is 3.20. The molecule has 0 amide bonds. The van der Waals surface area contributed by atoms with E-state index in [2.05, 4.69) is 35.5 Å². The van der Waals surface area contributed by atoms with Gasteiger partial charge < -0.3 is 16.0 Å². The summed E-state index contributed by atoms with van der Waals surface area (Å²) in [7, 11) is 2.16. The molecule has 1 atom stereocenters. The Bertz CT molecular complexity index is 340. The molecule has 3 N–H and O–H groups in total. The van der Waals surface area contributed by atoms with Crippen molar-refractivity contribution >= 4 is 34.1 Å². The molecule has 1 aromatic rings. The number of nitrogens with two attached hydrogens (primary N) is 1. The molecule has 0 aliphatic carbocycles. The van der Waals surface area contributed by atoms with Gasteiger partial charge in [0.15, 0.2) is 5.82 Å². The molecule has 1 unspecified atom stereocenters. The smallest absolute Gasteiger partial charge is 0.153 e. The number of hydrogen-bond acceptors (Lipinski definition) is 6. The van der Waals surface area contributed by atoms with Crippen molar-refractivity contribution in [2.45, 2.75) is 31.2 Å². The van der Waals surface area contributed by atoms with Crippen molar-refractivity contribution in [1.82, 2.24) is 9.27 Å². The summed E-state index contributed by atoms with van der Waals surface area (Å²) in [4.78, 5) is 3.43. The Morgan fingerprint density at radius 3 is 2.88 bits per heavy atom. The van der Waals surface area contributed by atoms with E-state index in [1.807, 2.05) is 6.26 Å². The number of nitrogens with zero attached hydrogens (tertiary/aromatic N) is 2. The number of nitrogen functional groups attached to an aromatic ring is 1. The predicted molar refractivity (Wildman–Crippen MR) is 79.2 cm³/mol. The molecule has 1 aromatic heterocycles. The van der Waals surface area contributed by atoms with Crippen molar-refractivity contribution in [2.24, 2.45) is 0 Å². The van der Waals surface area contributed by atoms with Gasteiger partial charge in [0.1, 0.15) is 5.00 Å². The van der Waals surface area contributed by atoms with Gasteiger partial charge in [0, 0.05) is 19.1 Å². The normalized spacial score (nSPS) is 13.0. The summed E-state index contributed by atoms with van der Waals surface area (Å²) in [6.45, 7) is 6.42. The lowest BCUT2D eigenvalue weighted by molar-refractivity contribution is 0.261. The second-order valence-corrected chi connectivity index (χ2v) is 5.68. The van der Waals surface area contributed by atoms with Crippen LogP contribution in [0.25, 0.3) is 0 Å². The Balaban J connectivity index is 2.40. The zero-order valence-electron chi connectivity index (χ0n) is 11.0. The summed E-state index contributed by atoms with van der Waals surface area (Å²) < 4.78 is 4.16. The zero-order valence-corrected chi connectivity index (χ0v) is 12.6. The number of aromatic nitrogens is 1. The third-order valence-electron chi connectivity index (χ3n) is 2.97.